The van der Waals surface area contributed by atoms with Crippen molar-refractivity contribution >= 4 is 17.7 Å². The summed E-state index contributed by atoms with van der Waals surface area (Å²) in [6, 6.07) is 13.0. The quantitative estimate of drug-likeness (QED) is 0.343. The molecule has 0 aliphatic rings. The zero-order valence-corrected chi connectivity index (χ0v) is 16.3. The molecule has 3 rings (SSSR count). The van der Waals surface area contributed by atoms with Crippen molar-refractivity contribution in [2.45, 2.75) is 6.54 Å². The zero-order valence-electron chi connectivity index (χ0n) is 16.3. The highest BCUT2D eigenvalue weighted by atomic mass is 16.6. The normalized spacial score (nSPS) is 10.7. The van der Waals surface area contributed by atoms with Crippen LogP contribution in [0.15, 0.2) is 59.1 Å². The van der Waals surface area contributed by atoms with Gasteiger partial charge >= 0.3 is 0 Å². The lowest BCUT2D eigenvalue weighted by Crippen LogP contribution is -2.20. The lowest BCUT2D eigenvalue weighted by molar-refractivity contribution is -0.384. The van der Waals surface area contributed by atoms with E-state index in [9.17, 15) is 14.9 Å². The number of carbonyl (C=O) groups is 1. The molecule has 0 saturated heterocycles. The van der Waals surface area contributed by atoms with E-state index in [1.807, 2.05) is 6.07 Å². The predicted molar refractivity (Wildman–Crippen MR) is 109 cm³/mol. The summed E-state index contributed by atoms with van der Waals surface area (Å²) in [6.07, 6.45) is 2.91. The van der Waals surface area contributed by atoms with Crippen molar-refractivity contribution in [1.82, 2.24) is 10.5 Å². The Balaban J connectivity index is 1.58. The van der Waals surface area contributed by atoms with E-state index in [0.717, 1.165) is 5.56 Å². The van der Waals surface area contributed by atoms with E-state index < -0.39 is 4.92 Å². The Bertz CT molecular complexity index is 1070. The molecule has 0 saturated carbocycles. The molecule has 1 heterocycles. The van der Waals surface area contributed by atoms with Gasteiger partial charge in [0.25, 0.3) is 5.69 Å². The van der Waals surface area contributed by atoms with E-state index in [4.69, 9.17) is 14.0 Å². The second-order valence-corrected chi connectivity index (χ2v) is 6.15. The maximum absolute atomic E-state index is 12.0. The number of rotatable bonds is 8. The Kier molecular flexibility index (Phi) is 6.43. The Hall–Kier alpha value is -4.14. The Morgan fingerprint density at radius 2 is 1.87 bits per heavy atom. The fourth-order valence-electron chi connectivity index (χ4n) is 2.64. The van der Waals surface area contributed by atoms with Gasteiger partial charge < -0.3 is 19.3 Å². The summed E-state index contributed by atoms with van der Waals surface area (Å²) in [6.45, 7) is 0.181. The largest absolute Gasteiger partial charge is 0.493 e. The first-order valence-corrected chi connectivity index (χ1v) is 8.88. The van der Waals surface area contributed by atoms with Gasteiger partial charge in [-0.2, -0.15) is 0 Å². The number of hydrogen-bond acceptors (Lipinski definition) is 7. The molecule has 3 aromatic rings. The van der Waals surface area contributed by atoms with Gasteiger partial charge in [0.2, 0.25) is 5.91 Å². The van der Waals surface area contributed by atoms with Crippen LogP contribution in [-0.4, -0.2) is 30.2 Å². The summed E-state index contributed by atoms with van der Waals surface area (Å²) in [4.78, 5) is 22.2. The second kappa shape index (κ2) is 9.37. The molecular weight excluding hydrogens is 390 g/mol. The number of nitro benzene ring substituents is 1. The number of carbonyl (C=O) groups excluding carboxylic acids is 1. The van der Waals surface area contributed by atoms with Crippen LogP contribution in [0.3, 0.4) is 0 Å². The van der Waals surface area contributed by atoms with Crippen molar-refractivity contribution in [3.05, 3.63) is 76.0 Å². The minimum absolute atomic E-state index is 0.00656. The first-order valence-electron chi connectivity index (χ1n) is 8.88. The van der Waals surface area contributed by atoms with E-state index >= 15 is 0 Å². The molecule has 1 aromatic heterocycles. The molecule has 0 aliphatic carbocycles. The van der Waals surface area contributed by atoms with Crippen LogP contribution >= 0.6 is 0 Å². The smallest absolute Gasteiger partial charge is 0.269 e. The van der Waals surface area contributed by atoms with Crippen molar-refractivity contribution in [2.75, 3.05) is 14.2 Å². The molecule has 2 aromatic carbocycles. The number of nitrogens with one attached hydrogen (secondary N) is 1. The number of nitro groups is 1. The number of non-ortho nitro benzene ring substituents is 1. The molecule has 9 nitrogen and oxygen atoms in total. The molecule has 9 heteroatoms. The van der Waals surface area contributed by atoms with Crippen LogP contribution in [0.25, 0.3) is 17.4 Å². The lowest BCUT2D eigenvalue weighted by atomic mass is 10.1. The molecule has 0 bridgehead atoms. The van der Waals surface area contributed by atoms with Gasteiger partial charge in [-0.15, -0.1) is 0 Å². The van der Waals surface area contributed by atoms with Crippen LogP contribution in [0, 0.1) is 10.1 Å². The average Bonchev–Trinajstić information content (AvgIpc) is 3.25. The topological polar surface area (TPSA) is 117 Å². The van der Waals surface area contributed by atoms with E-state index in [1.165, 1.54) is 18.2 Å². The molecule has 0 spiro atoms. The Morgan fingerprint density at radius 1 is 1.13 bits per heavy atom. The summed E-state index contributed by atoms with van der Waals surface area (Å²) >= 11 is 0. The molecule has 1 N–H and O–H groups in total. The average molecular weight is 409 g/mol. The van der Waals surface area contributed by atoms with Crippen molar-refractivity contribution in [1.29, 1.82) is 0 Å². The van der Waals surface area contributed by atoms with E-state index in [1.54, 1.807) is 50.6 Å². The SMILES string of the molecule is COc1ccc(-c2cc(CNC(=O)/C=C\c3ccc([N+](=O)[O-])cc3)no2)cc1OC. The van der Waals surface area contributed by atoms with Gasteiger partial charge in [0, 0.05) is 29.8 Å². The molecular formula is C21H19N3O6. The predicted octanol–water partition coefficient (Wildman–Crippen LogP) is 3.60. The van der Waals surface area contributed by atoms with Gasteiger partial charge in [0.1, 0.15) is 5.69 Å². The zero-order chi connectivity index (χ0) is 21.5. The van der Waals surface area contributed by atoms with Crippen LogP contribution in [-0.2, 0) is 11.3 Å². The van der Waals surface area contributed by atoms with Gasteiger partial charge in [0.15, 0.2) is 17.3 Å². The Labute approximate surface area is 172 Å². The van der Waals surface area contributed by atoms with Crippen molar-refractivity contribution in [3.8, 4) is 22.8 Å². The van der Waals surface area contributed by atoms with E-state index in [2.05, 4.69) is 10.5 Å². The summed E-state index contributed by atoms with van der Waals surface area (Å²) in [5.41, 5.74) is 1.98. The van der Waals surface area contributed by atoms with Gasteiger partial charge in [0.05, 0.1) is 25.7 Å². The van der Waals surface area contributed by atoms with Crippen LogP contribution in [0.1, 0.15) is 11.3 Å². The summed E-state index contributed by atoms with van der Waals surface area (Å²) in [7, 11) is 3.11. The number of nitrogens with zero attached hydrogens (tertiary/aromatic N) is 2. The van der Waals surface area contributed by atoms with Crippen LogP contribution < -0.4 is 14.8 Å². The molecule has 154 valence electrons. The van der Waals surface area contributed by atoms with Crippen LogP contribution in [0.4, 0.5) is 5.69 Å². The molecule has 0 aliphatic heterocycles. The fourth-order valence-corrected chi connectivity index (χ4v) is 2.64. The molecule has 0 radical (unpaired) electrons. The third kappa shape index (κ3) is 5.02. The maximum atomic E-state index is 12.0. The van der Waals surface area contributed by atoms with Gasteiger partial charge in [-0.3, -0.25) is 14.9 Å². The standard InChI is InChI=1S/C21H19N3O6/c1-28-18-9-6-15(11-20(18)29-2)19-12-16(23-30-19)13-22-21(25)10-5-14-3-7-17(8-4-14)24(26)27/h3-12H,13H2,1-2H3,(H,22,25)/b10-5-. The minimum Gasteiger partial charge on any atom is -0.493 e. The number of aromatic nitrogens is 1. The maximum Gasteiger partial charge on any atom is 0.269 e. The van der Waals surface area contributed by atoms with Gasteiger partial charge in [-0.1, -0.05) is 5.16 Å². The third-order valence-electron chi connectivity index (χ3n) is 4.20. The molecule has 0 atom stereocenters. The van der Waals surface area contributed by atoms with E-state index in [-0.39, 0.29) is 18.1 Å². The fraction of sp³-hybridized carbons (Fsp3) is 0.143. The van der Waals surface area contributed by atoms with Crippen LogP contribution in [0.5, 0.6) is 11.5 Å². The van der Waals surface area contributed by atoms with Crippen molar-refractivity contribution in [2.24, 2.45) is 0 Å². The molecule has 0 fully saturated rings. The van der Waals surface area contributed by atoms with Gasteiger partial charge in [-0.05, 0) is 42.0 Å². The van der Waals surface area contributed by atoms with E-state index in [0.29, 0.717) is 28.5 Å². The number of ether oxygens (including phenoxy) is 2. The first-order chi connectivity index (χ1) is 14.5. The number of hydrogen-bond donors (Lipinski definition) is 1. The number of methoxy groups -OCH3 is 2. The Morgan fingerprint density at radius 3 is 2.53 bits per heavy atom. The highest BCUT2D eigenvalue weighted by Gasteiger charge is 2.11. The first kappa shape index (κ1) is 20.6. The molecule has 30 heavy (non-hydrogen) atoms. The molecule has 1 amide bonds. The van der Waals surface area contributed by atoms with Crippen molar-refractivity contribution < 1.29 is 23.7 Å². The highest BCUT2D eigenvalue weighted by molar-refractivity contribution is 5.91. The number of benzene rings is 2. The monoisotopic (exact) mass is 409 g/mol. The van der Waals surface area contributed by atoms with Crippen molar-refractivity contribution in [3.63, 3.8) is 0 Å². The lowest BCUT2D eigenvalue weighted by Gasteiger charge is -2.07. The minimum atomic E-state index is -0.478. The van der Waals surface area contributed by atoms with Gasteiger partial charge in [-0.25, -0.2) is 0 Å². The number of amides is 1. The second-order valence-electron chi connectivity index (χ2n) is 6.15. The van der Waals surface area contributed by atoms with Crippen LogP contribution in [0.2, 0.25) is 0 Å². The summed E-state index contributed by atoms with van der Waals surface area (Å²) in [5.74, 6) is 1.37. The molecule has 0 unspecified atom stereocenters. The summed E-state index contributed by atoms with van der Waals surface area (Å²) in [5, 5.41) is 17.3. The summed E-state index contributed by atoms with van der Waals surface area (Å²) < 4.78 is 15.8. The highest BCUT2D eigenvalue weighted by Crippen LogP contribution is 2.32. The third-order valence-corrected chi connectivity index (χ3v) is 4.20.